The van der Waals surface area contributed by atoms with Crippen molar-refractivity contribution in [2.75, 3.05) is 0 Å². The summed E-state index contributed by atoms with van der Waals surface area (Å²) < 4.78 is 37.9. The molecule has 0 bridgehead atoms. The summed E-state index contributed by atoms with van der Waals surface area (Å²) in [7, 11) is -1.59. The Morgan fingerprint density at radius 1 is 1.18 bits per heavy atom. The second-order valence-corrected chi connectivity index (χ2v) is 10.2. The van der Waals surface area contributed by atoms with Crippen molar-refractivity contribution in [2.24, 2.45) is 0 Å². The summed E-state index contributed by atoms with van der Waals surface area (Å²) in [6.45, 7) is 6.13. The molecule has 0 aromatic heterocycles. The van der Waals surface area contributed by atoms with Crippen molar-refractivity contribution < 1.29 is 13.2 Å². The smallest absolute Gasteiger partial charge is 0.166 e. The number of hydrogen-bond donors (Lipinski definition) is 0. The van der Waals surface area contributed by atoms with E-state index in [9.17, 15) is 13.2 Å². The minimum absolute atomic E-state index is 0.0262. The molecule has 0 saturated heterocycles. The first-order valence-corrected chi connectivity index (χ1v) is 9.29. The van der Waals surface area contributed by atoms with Crippen LogP contribution in [0.15, 0.2) is 22.7 Å². The lowest BCUT2D eigenvalue weighted by molar-refractivity contribution is -0.138. The first-order valence-electron chi connectivity index (χ1n) is 5.00. The van der Waals surface area contributed by atoms with Crippen LogP contribution in [0.25, 0.3) is 0 Å². The van der Waals surface area contributed by atoms with Crippen molar-refractivity contribution in [1.29, 1.82) is 0 Å². The van der Waals surface area contributed by atoms with Crippen LogP contribution in [0.2, 0.25) is 19.6 Å². The van der Waals surface area contributed by atoms with Gasteiger partial charge >= 0.3 is 6.18 Å². The van der Waals surface area contributed by atoms with Gasteiger partial charge in [-0.25, -0.2) is 0 Å². The second kappa shape index (κ2) is 4.87. The molecular weight excluding hydrogens is 309 g/mol. The zero-order valence-electron chi connectivity index (χ0n) is 9.74. The van der Waals surface area contributed by atoms with E-state index >= 15 is 0 Å². The van der Waals surface area contributed by atoms with E-state index in [1.165, 1.54) is 6.07 Å². The first kappa shape index (κ1) is 14.3. The molecule has 0 fully saturated rings. The Morgan fingerprint density at radius 2 is 1.76 bits per heavy atom. The van der Waals surface area contributed by atoms with Gasteiger partial charge in [0.1, 0.15) is 8.07 Å². The standard InChI is InChI=1S/C12H12BrF3Si/c1-17(2,3)8-7-9-5-4-6-10(11(9)13)12(14,15)16/h4-6H,1-3H3. The molecule has 0 spiro atoms. The van der Waals surface area contributed by atoms with E-state index < -0.39 is 19.8 Å². The fraction of sp³-hybridized carbons (Fsp3) is 0.333. The van der Waals surface area contributed by atoms with Crippen LogP contribution in [0.3, 0.4) is 0 Å². The minimum Gasteiger partial charge on any atom is -0.166 e. The Bertz CT molecular complexity index is 475. The molecule has 0 aliphatic rings. The predicted molar refractivity (Wildman–Crippen MR) is 69.4 cm³/mol. The Kier molecular flexibility index (Phi) is 4.10. The average Bonchev–Trinajstić information content (AvgIpc) is 2.13. The van der Waals surface area contributed by atoms with Gasteiger partial charge in [0.2, 0.25) is 0 Å². The van der Waals surface area contributed by atoms with E-state index in [1.807, 2.05) is 19.6 Å². The van der Waals surface area contributed by atoms with Crippen molar-refractivity contribution in [3.8, 4) is 11.5 Å². The highest BCUT2D eigenvalue weighted by atomic mass is 79.9. The van der Waals surface area contributed by atoms with Gasteiger partial charge in [-0.15, -0.1) is 5.54 Å². The quantitative estimate of drug-likeness (QED) is 0.480. The zero-order chi connectivity index (χ0) is 13.3. The maximum Gasteiger partial charge on any atom is 0.417 e. The van der Waals surface area contributed by atoms with Crippen LogP contribution in [0.5, 0.6) is 0 Å². The molecule has 0 amide bonds. The van der Waals surface area contributed by atoms with E-state index in [-0.39, 0.29) is 4.47 Å². The number of alkyl halides is 3. The van der Waals surface area contributed by atoms with Crippen molar-refractivity contribution in [3.05, 3.63) is 33.8 Å². The lowest BCUT2D eigenvalue weighted by atomic mass is 10.1. The molecule has 0 N–H and O–H groups in total. The third kappa shape index (κ3) is 4.21. The Morgan fingerprint density at radius 3 is 2.24 bits per heavy atom. The molecule has 0 aliphatic heterocycles. The molecular formula is C12H12BrF3Si. The van der Waals surface area contributed by atoms with Crippen LogP contribution >= 0.6 is 15.9 Å². The largest absolute Gasteiger partial charge is 0.417 e. The van der Waals surface area contributed by atoms with Crippen LogP contribution in [0.1, 0.15) is 11.1 Å². The van der Waals surface area contributed by atoms with Gasteiger partial charge in [-0.1, -0.05) is 31.6 Å². The monoisotopic (exact) mass is 320 g/mol. The van der Waals surface area contributed by atoms with E-state index in [1.54, 1.807) is 6.07 Å². The summed E-state index contributed by atoms with van der Waals surface area (Å²) >= 11 is 2.98. The molecule has 0 nitrogen and oxygen atoms in total. The summed E-state index contributed by atoms with van der Waals surface area (Å²) in [5.74, 6) is 2.83. The Hall–Kier alpha value is -0.733. The van der Waals surface area contributed by atoms with E-state index in [0.29, 0.717) is 5.56 Å². The van der Waals surface area contributed by atoms with Crippen molar-refractivity contribution >= 4 is 24.0 Å². The highest BCUT2D eigenvalue weighted by Gasteiger charge is 2.33. The van der Waals surface area contributed by atoms with Crippen molar-refractivity contribution in [1.82, 2.24) is 0 Å². The SMILES string of the molecule is C[Si](C)(C)C#Cc1cccc(C(F)(F)F)c1Br. The Labute approximate surface area is 108 Å². The third-order valence-electron chi connectivity index (χ3n) is 1.88. The van der Waals surface area contributed by atoms with E-state index in [4.69, 9.17) is 0 Å². The van der Waals surface area contributed by atoms with Crippen LogP contribution < -0.4 is 0 Å². The molecule has 0 radical (unpaired) electrons. The molecule has 1 rings (SSSR count). The lowest BCUT2D eigenvalue weighted by Gasteiger charge is -2.10. The number of benzene rings is 1. The highest BCUT2D eigenvalue weighted by Crippen LogP contribution is 2.36. The minimum atomic E-state index is -4.35. The normalized spacial score (nSPS) is 11.9. The van der Waals surface area contributed by atoms with Crippen LogP contribution in [0.4, 0.5) is 13.2 Å². The molecule has 5 heteroatoms. The van der Waals surface area contributed by atoms with E-state index in [2.05, 4.69) is 27.4 Å². The lowest BCUT2D eigenvalue weighted by Crippen LogP contribution is -2.16. The van der Waals surface area contributed by atoms with Gasteiger partial charge in [-0.05, 0) is 28.1 Å². The molecule has 0 atom stereocenters. The van der Waals surface area contributed by atoms with Gasteiger partial charge < -0.3 is 0 Å². The van der Waals surface area contributed by atoms with Gasteiger partial charge in [0, 0.05) is 10.0 Å². The maximum absolute atomic E-state index is 12.6. The summed E-state index contributed by atoms with van der Waals surface area (Å²) in [5.41, 5.74) is 2.76. The highest BCUT2D eigenvalue weighted by molar-refractivity contribution is 9.10. The fourth-order valence-corrected chi connectivity index (χ4v) is 2.20. The van der Waals surface area contributed by atoms with Gasteiger partial charge in [0.25, 0.3) is 0 Å². The predicted octanol–water partition coefficient (Wildman–Crippen LogP) is 4.70. The van der Waals surface area contributed by atoms with Gasteiger partial charge in [0.05, 0.1) is 5.56 Å². The van der Waals surface area contributed by atoms with Crippen LogP contribution in [-0.4, -0.2) is 8.07 Å². The molecule has 0 saturated carbocycles. The van der Waals surface area contributed by atoms with Gasteiger partial charge in [-0.2, -0.15) is 13.2 Å². The number of halogens is 4. The van der Waals surface area contributed by atoms with Crippen molar-refractivity contribution in [2.45, 2.75) is 25.8 Å². The zero-order valence-corrected chi connectivity index (χ0v) is 12.3. The molecule has 0 unspecified atom stereocenters. The number of hydrogen-bond acceptors (Lipinski definition) is 0. The maximum atomic E-state index is 12.6. The summed E-state index contributed by atoms with van der Waals surface area (Å²) in [4.78, 5) is 0. The van der Waals surface area contributed by atoms with Gasteiger partial charge in [0.15, 0.2) is 0 Å². The average molecular weight is 321 g/mol. The Balaban J connectivity index is 3.24. The fourth-order valence-electron chi connectivity index (χ4n) is 1.10. The molecule has 0 aliphatic carbocycles. The molecule has 92 valence electrons. The molecule has 17 heavy (non-hydrogen) atoms. The third-order valence-corrected chi connectivity index (χ3v) is 3.61. The molecule has 1 aromatic rings. The summed E-state index contributed by atoms with van der Waals surface area (Å²) in [5, 5.41) is 0. The second-order valence-electron chi connectivity index (χ2n) is 4.66. The van der Waals surface area contributed by atoms with E-state index in [0.717, 1.165) is 6.07 Å². The van der Waals surface area contributed by atoms with Crippen LogP contribution in [-0.2, 0) is 6.18 Å². The van der Waals surface area contributed by atoms with Crippen LogP contribution in [0, 0.1) is 11.5 Å². The molecule has 0 heterocycles. The molecule has 1 aromatic carbocycles. The van der Waals surface area contributed by atoms with Crippen molar-refractivity contribution in [3.63, 3.8) is 0 Å². The van der Waals surface area contributed by atoms with Gasteiger partial charge in [-0.3, -0.25) is 0 Å². The summed E-state index contributed by atoms with van der Waals surface area (Å²) in [6, 6.07) is 4.01. The summed E-state index contributed by atoms with van der Waals surface area (Å²) in [6.07, 6.45) is -4.35. The topological polar surface area (TPSA) is 0 Å². The number of rotatable bonds is 0. The first-order chi connectivity index (χ1) is 7.61.